The number of halogens is 1. The SMILES string of the molecule is CC(C)C(=O)OCC(C)(C)NCc1ccc(F)cc1. The molecule has 106 valence electrons. The molecule has 1 aromatic carbocycles. The molecule has 0 heterocycles. The second-order valence-electron chi connectivity index (χ2n) is 5.63. The molecule has 0 unspecified atom stereocenters. The van der Waals surface area contributed by atoms with Crippen molar-refractivity contribution in [2.24, 2.45) is 5.92 Å². The van der Waals surface area contributed by atoms with Crippen molar-refractivity contribution in [2.45, 2.75) is 39.8 Å². The summed E-state index contributed by atoms with van der Waals surface area (Å²) in [6.45, 7) is 8.45. The van der Waals surface area contributed by atoms with Crippen molar-refractivity contribution in [3.8, 4) is 0 Å². The quantitative estimate of drug-likeness (QED) is 0.805. The van der Waals surface area contributed by atoms with Crippen molar-refractivity contribution < 1.29 is 13.9 Å². The lowest BCUT2D eigenvalue weighted by atomic mass is 10.1. The molecule has 0 spiro atoms. The number of esters is 1. The van der Waals surface area contributed by atoms with Gasteiger partial charge >= 0.3 is 5.97 Å². The van der Waals surface area contributed by atoms with Gasteiger partial charge in [-0.2, -0.15) is 0 Å². The molecule has 0 bridgehead atoms. The van der Waals surface area contributed by atoms with Gasteiger partial charge < -0.3 is 10.1 Å². The molecular formula is C15H22FNO2. The topological polar surface area (TPSA) is 38.3 Å². The van der Waals surface area contributed by atoms with E-state index in [-0.39, 0.29) is 23.2 Å². The average molecular weight is 267 g/mol. The summed E-state index contributed by atoms with van der Waals surface area (Å²) < 4.78 is 18.0. The van der Waals surface area contributed by atoms with E-state index in [1.165, 1.54) is 12.1 Å². The van der Waals surface area contributed by atoms with Gasteiger partial charge in [-0.3, -0.25) is 4.79 Å². The number of ether oxygens (including phenoxy) is 1. The zero-order chi connectivity index (χ0) is 14.5. The maximum absolute atomic E-state index is 12.8. The van der Waals surface area contributed by atoms with Crippen molar-refractivity contribution in [3.63, 3.8) is 0 Å². The first-order valence-electron chi connectivity index (χ1n) is 6.46. The third kappa shape index (κ3) is 5.83. The highest BCUT2D eigenvalue weighted by molar-refractivity contribution is 5.71. The number of carbonyl (C=O) groups excluding carboxylic acids is 1. The fourth-order valence-electron chi connectivity index (χ4n) is 1.41. The van der Waals surface area contributed by atoms with Crippen LogP contribution < -0.4 is 5.32 Å². The van der Waals surface area contributed by atoms with Crippen LogP contribution in [-0.2, 0) is 16.1 Å². The van der Waals surface area contributed by atoms with E-state index in [9.17, 15) is 9.18 Å². The highest BCUT2D eigenvalue weighted by atomic mass is 19.1. The molecule has 0 amide bonds. The van der Waals surface area contributed by atoms with Crippen LogP contribution >= 0.6 is 0 Å². The van der Waals surface area contributed by atoms with E-state index in [4.69, 9.17) is 4.74 Å². The van der Waals surface area contributed by atoms with Crippen LogP contribution in [0.25, 0.3) is 0 Å². The number of benzene rings is 1. The molecule has 0 saturated carbocycles. The van der Waals surface area contributed by atoms with Gasteiger partial charge in [0.15, 0.2) is 0 Å². The fourth-order valence-corrected chi connectivity index (χ4v) is 1.41. The summed E-state index contributed by atoms with van der Waals surface area (Å²) >= 11 is 0. The van der Waals surface area contributed by atoms with Gasteiger partial charge in [0.1, 0.15) is 12.4 Å². The number of hydrogen-bond acceptors (Lipinski definition) is 3. The summed E-state index contributed by atoms with van der Waals surface area (Å²) in [5.41, 5.74) is 0.670. The molecule has 19 heavy (non-hydrogen) atoms. The molecule has 0 fully saturated rings. The molecule has 0 radical (unpaired) electrons. The second kappa shape index (κ2) is 6.66. The van der Waals surface area contributed by atoms with Crippen molar-refractivity contribution in [1.29, 1.82) is 0 Å². The van der Waals surface area contributed by atoms with E-state index in [1.54, 1.807) is 26.0 Å². The molecular weight excluding hydrogens is 245 g/mol. The van der Waals surface area contributed by atoms with Crippen LogP contribution in [0.2, 0.25) is 0 Å². The van der Waals surface area contributed by atoms with Crippen molar-refractivity contribution >= 4 is 5.97 Å². The Labute approximate surface area is 114 Å². The van der Waals surface area contributed by atoms with E-state index in [2.05, 4.69) is 5.32 Å². The lowest BCUT2D eigenvalue weighted by Gasteiger charge is -2.26. The minimum atomic E-state index is -0.320. The Bertz CT molecular complexity index is 413. The van der Waals surface area contributed by atoms with Gasteiger partial charge in [0.25, 0.3) is 0 Å². The lowest BCUT2D eigenvalue weighted by molar-refractivity contribution is -0.149. The summed E-state index contributed by atoms with van der Waals surface area (Å²) in [4.78, 5) is 11.4. The van der Waals surface area contributed by atoms with Gasteiger partial charge in [-0.05, 0) is 31.5 Å². The standard InChI is InChI=1S/C15H22FNO2/c1-11(2)14(18)19-10-15(3,4)17-9-12-5-7-13(16)8-6-12/h5-8,11,17H,9-10H2,1-4H3. The summed E-state index contributed by atoms with van der Waals surface area (Å²) in [5.74, 6) is -0.557. The van der Waals surface area contributed by atoms with Gasteiger partial charge in [-0.25, -0.2) is 4.39 Å². The number of carbonyl (C=O) groups is 1. The molecule has 0 aliphatic heterocycles. The van der Waals surface area contributed by atoms with E-state index in [0.717, 1.165) is 5.56 Å². The molecule has 1 aromatic rings. The second-order valence-corrected chi connectivity index (χ2v) is 5.63. The molecule has 1 rings (SSSR count). The van der Waals surface area contributed by atoms with E-state index in [0.29, 0.717) is 13.2 Å². The summed E-state index contributed by atoms with van der Waals surface area (Å²) in [6, 6.07) is 6.34. The average Bonchev–Trinajstić information content (AvgIpc) is 2.35. The predicted molar refractivity (Wildman–Crippen MR) is 73.1 cm³/mol. The van der Waals surface area contributed by atoms with Gasteiger partial charge in [0, 0.05) is 12.1 Å². The van der Waals surface area contributed by atoms with Crippen molar-refractivity contribution in [3.05, 3.63) is 35.6 Å². The number of hydrogen-bond donors (Lipinski definition) is 1. The first-order valence-corrected chi connectivity index (χ1v) is 6.46. The number of rotatable bonds is 6. The molecule has 0 atom stereocenters. The van der Waals surface area contributed by atoms with Crippen LogP contribution in [0.3, 0.4) is 0 Å². The van der Waals surface area contributed by atoms with Gasteiger partial charge in [0.05, 0.1) is 5.92 Å². The Morgan fingerprint density at radius 2 is 1.89 bits per heavy atom. The normalized spacial score (nSPS) is 11.7. The largest absolute Gasteiger partial charge is 0.464 e. The van der Waals surface area contributed by atoms with E-state index in [1.807, 2.05) is 13.8 Å². The third-order valence-corrected chi connectivity index (χ3v) is 2.73. The summed E-state index contributed by atoms with van der Waals surface area (Å²) in [6.07, 6.45) is 0. The Hall–Kier alpha value is -1.42. The smallest absolute Gasteiger partial charge is 0.308 e. The summed E-state index contributed by atoms with van der Waals surface area (Å²) in [5, 5.41) is 3.29. The van der Waals surface area contributed by atoms with Gasteiger partial charge in [-0.1, -0.05) is 26.0 Å². The van der Waals surface area contributed by atoms with Crippen LogP contribution in [0.5, 0.6) is 0 Å². The minimum Gasteiger partial charge on any atom is -0.464 e. The Morgan fingerprint density at radius 3 is 2.42 bits per heavy atom. The maximum Gasteiger partial charge on any atom is 0.308 e. The molecule has 0 aliphatic rings. The molecule has 4 heteroatoms. The molecule has 0 saturated heterocycles. The van der Waals surface area contributed by atoms with Crippen LogP contribution in [-0.4, -0.2) is 18.1 Å². The lowest BCUT2D eigenvalue weighted by Crippen LogP contribution is -2.43. The molecule has 1 N–H and O–H groups in total. The monoisotopic (exact) mass is 267 g/mol. The van der Waals surface area contributed by atoms with Gasteiger partial charge in [0.2, 0.25) is 0 Å². The fraction of sp³-hybridized carbons (Fsp3) is 0.533. The predicted octanol–water partition coefficient (Wildman–Crippen LogP) is 2.89. The third-order valence-electron chi connectivity index (χ3n) is 2.73. The molecule has 3 nitrogen and oxygen atoms in total. The van der Waals surface area contributed by atoms with Crippen molar-refractivity contribution in [2.75, 3.05) is 6.61 Å². The van der Waals surface area contributed by atoms with Crippen LogP contribution in [0.15, 0.2) is 24.3 Å². The first kappa shape index (κ1) is 15.6. The Balaban J connectivity index is 2.42. The van der Waals surface area contributed by atoms with Crippen LogP contribution in [0, 0.1) is 11.7 Å². The number of nitrogens with one attached hydrogen (secondary N) is 1. The van der Waals surface area contributed by atoms with Crippen LogP contribution in [0.4, 0.5) is 4.39 Å². The van der Waals surface area contributed by atoms with E-state index < -0.39 is 0 Å². The Kier molecular flexibility index (Phi) is 5.48. The minimum absolute atomic E-state index is 0.118. The first-order chi connectivity index (χ1) is 8.80. The zero-order valence-electron chi connectivity index (χ0n) is 12.0. The summed E-state index contributed by atoms with van der Waals surface area (Å²) in [7, 11) is 0. The van der Waals surface area contributed by atoms with Crippen LogP contribution in [0.1, 0.15) is 33.3 Å². The molecule has 0 aliphatic carbocycles. The van der Waals surface area contributed by atoms with Crippen molar-refractivity contribution in [1.82, 2.24) is 5.32 Å². The van der Waals surface area contributed by atoms with Gasteiger partial charge in [-0.15, -0.1) is 0 Å². The highest BCUT2D eigenvalue weighted by Crippen LogP contribution is 2.09. The zero-order valence-corrected chi connectivity index (χ0v) is 12.0. The van der Waals surface area contributed by atoms with E-state index >= 15 is 0 Å². The maximum atomic E-state index is 12.8. The Morgan fingerprint density at radius 1 is 1.32 bits per heavy atom. The highest BCUT2D eigenvalue weighted by Gasteiger charge is 2.20. The molecule has 0 aromatic heterocycles.